The molecule has 5 nitrogen and oxygen atoms in total. The van der Waals surface area contributed by atoms with Crippen LogP contribution in [-0.4, -0.2) is 22.3 Å². The number of carbonyl (C=O) groups excluding carboxylic acids is 1. The minimum atomic E-state index is -0.226. The maximum atomic E-state index is 12.0. The number of amides is 1. The Balaban J connectivity index is 1.59. The molecule has 3 aromatic carbocycles. The van der Waals surface area contributed by atoms with E-state index < -0.39 is 0 Å². The zero-order valence-electron chi connectivity index (χ0n) is 14.1. The Morgan fingerprint density at radius 2 is 1.78 bits per heavy atom. The van der Waals surface area contributed by atoms with Crippen LogP contribution in [0.3, 0.4) is 0 Å². The number of hydrogen-bond donors (Lipinski definition) is 3. The normalized spacial score (nSPS) is 11.2. The molecule has 138 valence electrons. The van der Waals surface area contributed by atoms with Crippen LogP contribution in [0.2, 0.25) is 0 Å². The smallest absolute Gasteiger partial charge is 0.240 e. The van der Waals surface area contributed by atoms with E-state index in [9.17, 15) is 15.0 Å². The number of hydrazone groups is 1. The van der Waals surface area contributed by atoms with E-state index in [2.05, 4.69) is 54.5 Å². The fraction of sp³-hybridized carbons (Fsp3) is 0.100. The number of nitrogens with zero attached hydrogens (tertiary/aromatic N) is 1. The number of aromatic hydroxyl groups is 2. The molecule has 0 aliphatic rings. The highest BCUT2D eigenvalue weighted by Crippen LogP contribution is 2.40. The second-order valence-corrected chi connectivity index (χ2v) is 7.58. The van der Waals surface area contributed by atoms with E-state index in [1.54, 1.807) is 0 Å². The summed E-state index contributed by atoms with van der Waals surface area (Å²) in [7, 11) is 0. The third-order valence-corrected chi connectivity index (χ3v) is 5.40. The molecule has 1 amide bonds. The van der Waals surface area contributed by atoms with Crippen molar-refractivity contribution in [1.29, 1.82) is 0 Å². The Hall–Kier alpha value is -2.38. The first-order chi connectivity index (χ1) is 13.0. The lowest BCUT2D eigenvalue weighted by Gasteiger charge is -2.06. The van der Waals surface area contributed by atoms with Crippen molar-refractivity contribution in [3.8, 4) is 11.5 Å². The number of rotatable bonds is 5. The lowest BCUT2D eigenvalue weighted by atomic mass is 10.0. The molecule has 0 saturated heterocycles. The van der Waals surface area contributed by atoms with Gasteiger partial charge in [0, 0.05) is 12.0 Å². The number of aryl methyl sites for hydroxylation is 1. The van der Waals surface area contributed by atoms with Gasteiger partial charge in [-0.05, 0) is 60.7 Å². The number of halogens is 2. The van der Waals surface area contributed by atoms with Crippen LogP contribution in [0.5, 0.6) is 11.5 Å². The molecule has 0 spiro atoms. The summed E-state index contributed by atoms with van der Waals surface area (Å²) in [6.07, 6.45) is 2.22. The van der Waals surface area contributed by atoms with Gasteiger partial charge in [-0.2, -0.15) is 5.10 Å². The number of hydrogen-bond acceptors (Lipinski definition) is 4. The Bertz CT molecular complexity index is 1040. The standard InChI is InChI=1S/C20H16Br2N2O3/c21-16-10-15(19(26)18(22)20(16)27)11-23-24-17(25)8-6-12-5-7-13-3-1-2-4-14(13)9-12/h1-5,7,9-11,26-27H,6,8H2,(H,24,25)/b23-11-. The average molecular weight is 492 g/mol. The van der Waals surface area contributed by atoms with Gasteiger partial charge in [0.25, 0.3) is 0 Å². The van der Waals surface area contributed by atoms with Crippen LogP contribution in [0.15, 0.2) is 62.6 Å². The second kappa shape index (κ2) is 8.54. The molecule has 3 rings (SSSR count). The molecule has 0 radical (unpaired) electrons. The second-order valence-electron chi connectivity index (χ2n) is 5.93. The van der Waals surface area contributed by atoms with Gasteiger partial charge in [-0.3, -0.25) is 4.79 Å². The van der Waals surface area contributed by atoms with Gasteiger partial charge in [0.1, 0.15) is 16.0 Å². The van der Waals surface area contributed by atoms with E-state index in [4.69, 9.17) is 0 Å². The average Bonchev–Trinajstić information content (AvgIpc) is 2.68. The van der Waals surface area contributed by atoms with Crippen molar-refractivity contribution in [3.05, 3.63) is 68.6 Å². The molecule has 0 unspecified atom stereocenters. The van der Waals surface area contributed by atoms with Crippen molar-refractivity contribution >= 4 is 54.8 Å². The third-order valence-electron chi connectivity index (χ3n) is 4.05. The molecule has 3 N–H and O–H groups in total. The number of nitrogens with one attached hydrogen (secondary N) is 1. The largest absolute Gasteiger partial charge is 0.506 e. The van der Waals surface area contributed by atoms with Crippen molar-refractivity contribution in [1.82, 2.24) is 5.43 Å². The number of carbonyl (C=O) groups is 1. The summed E-state index contributed by atoms with van der Waals surface area (Å²) in [5, 5.41) is 25.9. The van der Waals surface area contributed by atoms with Gasteiger partial charge in [-0.1, -0.05) is 42.5 Å². The minimum absolute atomic E-state index is 0.107. The van der Waals surface area contributed by atoms with Crippen LogP contribution in [0.4, 0.5) is 0 Å². The molecule has 0 saturated carbocycles. The summed E-state index contributed by atoms with van der Waals surface area (Å²) < 4.78 is 0.553. The molecular formula is C20H16Br2N2O3. The van der Waals surface area contributed by atoms with Gasteiger partial charge in [0.15, 0.2) is 0 Å². The lowest BCUT2D eigenvalue weighted by molar-refractivity contribution is -0.121. The molecule has 0 heterocycles. The van der Waals surface area contributed by atoms with Gasteiger partial charge < -0.3 is 10.2 Å². The van der Waals surface area contributed by atoms with Gasteiger partial charge in [0.05, 0.1) is 10.7 Å². The summed E-state index contributed by atoms with van der Waals surface area (Å²) in [4.78, 5) is 12.0. The Labute approximate surface area is 173 Å². The molecule has 0 aliphatic heterocycles. The van der Waals surface area contributed by atoms with Crippen LogP contribution in [-0.2, 0) is 11.2 Å². The first kappa shape index (κ1) is 19.4. The van der Waals surface area contributed by atoms with Crippen molar-refractivity contribution < 1.29 is 15.0 Å². The number of benzene rings is 3. The minimum Gasteiger partial charge on any atom is -0.506 e. The SMILES string of the molecule is O=C(CCc1ccc2ccccc2c1)N/N=C\c1cc(Br)c(O)c(Br)c1O. The Morgan fingerprint density at radius 3 is 2.56 bits per heavy atom. The van der Waals surface area contributed by atoms with Crippen molar-refractivity contribution in [2.24, 2.45) is 5.10 Å². The lowest BCUT2D eigenvalue weighted by Crippen LogP contribution is -2.17. The predicted octanol–water partition coefficient (Wildman–Crippen LogP) is 4.86. The summed E-state index contributed by atoms with van der Waals surface area (Å²) in [5.41, 5.74) is 3.87. The van der Waals surface area contributed by atoms with Gasteiger partial charge in [-0.25, -0.2) is 5.43 Å². The highest BCUT2D eigenvalue weighted by Gasteiger charge is 2.12. The monoisotopic (exact) mass is 490 g/mol. The van der Waals surface area contributed by atoms with Crippen LogP contribution in [0, 0.1) is 0 Å². The number of phenols is 2. The van der Waals surface area contributed by atoms with E-state index in [-0.39, 0.29) is 21.9 Å². The first-order valence-electron chi connectivity index (χ1n) is 8.15. The maximum Gasteiger partial charge on any atom is 0.240 e. The quantitative estimate of drug-likeness (QED) is 0.352. The summed E-state index contributed by atoms with van der Waals surface area (Å²) in [5.74, 6) is -0.496. The molecule has 7 heteroatoms. The summed E-state index contributed by atoms with van der Waals surface area (Å²) in [6.45, 7) is 0. The molecule has 0 fully saturated rings. The van der Waals surface area contributed by atoms with Crippen molar-refractivity contribution in [3.63, 3.8) is 0 Å². The molecule has 3 aromatic rings. The van der Waals surface area contributed by atoms with Crippen molar-refractivity contribution in [2.45, 2.75) is 12.8 Å². The van der Waals surface area contributed by atoms with Crippen molar-refractivity contribution in [2.75, 3.05) is 0 Å². The summed E-state index contributed by atoms with van der Waals surface area (Å²) >= 11 is 6.27. The zero-order chi connectivity index (χ0) is 19.4. The topological polar surface area (TPSA) is 81.9 Å². The fourth-order valence-electron chi connectivity index (χ4n) is 2.60. The van der Waals surface area contributed by atoms with E-state index in [1.165, 1.54) is 17.7 Å². The highest BCUT2D eigenvalue weighted by atomic mass is 79.9. The maximum absolute atomic E-state index is 12.0. The van der Waals surface area contributed by atoms with Crippen LogP contribution in [0.25, 0.3) is 10.8 Å². The predicted molar refractivity (Wildman–Crippen MR) is 113 cm³/mol. The fourth-order valence-corrected chi connectivity index (χ4v) is 3.75. The van der Waals surface area contributed by atoms with Crippen LogP contribution in [0.1, 0.15) is 17.5 Å². The van der Waals surface area contributed by atoms with Gasteiger partial charge >= 0.3 is 0 Å². The first-order valence-corrected chi connectivity index (χ1v) is 9.74. The summed E-state index contributed by atoms with van der Waals surface area (Å²) in [6, 6.07) is 15.7. The van der Waals surface area contributed by atoms with Gasteiger partial charge in [0.2, 0.25) is 5.91 Å². The molecule has 0 atom stereocenters. The molecule has 0 bridgehead atoms. The molecule has 27 heavy (non-hydrogen) atoms. The molecular weight excluding hydrogens is 476 g/mol. The number of fused-ring (bicyclic) bond motifs is 1. The highest BCUT2D eigenvalue weighted by molar-refractivity contribution is 9.11. The molecule has 0 aromatic heterocycles. The third kappa shape index (κ3) is 4.67. The van der Waals surface area contributed by atoms with Crippen LogP contribution < -0.4 is 5.43 Å². The van der Waals surface area contributed by atoms with E-state index in [1.807, 2.05) is 30.3 Å². The van der Waals surface area contributed by atoms with Gasteiger partial charge in [-0.15, -0.1) is 0 Å². The van der Waals surface area contributed by atoms with E-state index >= 15 is 0 Å². The van der Waals surface area contributed by atoms with E-state index in [0.29, 0.717) is 22.9 Å². The van der Waals surface area contributed by atoms with Crippen LogP contribution >= 0.6 is 31.9 Å². The van der Waals surface area contributed by atoms with E-state index in [0.717, 1.165) is 10.9 Å². The molecule has 0 aliphatic carbocycles. The Kier molecular flexibility index (Phi) is 6.13. The number of phenolic OH excluding ortho intramolecular Hbond substituents is 2. The zero-order valence-corrected chi connectivity index (χ0v) is 17.3. The Morgan fingerprint density at radius 1 is 1.04 bits per heavy atom.